The van der Waals surface area contributed by atoms with Crippen molar-refractivity contribution in [3.05, 3.63) is 112 Å². The summed E-state index contributed by atoms with van der Waals surface area (Å²) >= 11 is 0. The Hall–Kier alpha value is -4.33. The van der Waals surface area contributed by atoms with Gasteiger partial charge in [0.2, 0.25) is 0 Å². The summed E-state index contributed by atoms with van der Waals surface area (Å²) < 4.78 is 0. The van der Waals surface area contributed by atoms with Crippen molar-refractivity contribution < 1.29 is 19.6 Å². The number of rotatable bonds is 5. The summed E-state index contributed by atoms with van der Waals surface area (Å²) in [6.45, 7) is 0.0529. The number of nitro benzene ring substituents is 1. The van der Waals surface area contributed by atoms with Gasteiger partial charge in [0.25, 0.3) is 17.4 Å². The van der Waals surface area contributed by atoms with E-state index >= 15 is 0 Å². The van der Waals surface area contributed by atoms with Gasteiger partial charge in [0.05, 0.1) is 16.5 Å². The quantitative estimate of drug-likeness (QED) is 0.224. The Morgan fingerprint density at radius 2 is 1.84 bits per heavy atom. The number of hydrogen-bond donors (Lipinski definition) is 1. The number of ketones is 1. The summed E-state index contributed by atoms with van der Waals surface area (Å²) in [6, 6.07) is 16.6. The Bertz CT molecular complexity index is 1190. The third kappa shape index (κ3) is 3.78. The average Bonchev–Trinajstić information content (AvgIpc) is 3.05. The van der Waals surface area contributed by atoms with Gasteiger partial charge < -0.3 is 10.0 Å². The SMILES string of the molecule is O=C1C(=O)N(Cc2cccnc2)C(c2cccc([N+](=O)[O-])c2)/C1=C(/O)c1ccccc1. The van der Waals surface area contributed by atoms with Crippen molar-refractivity contribution >= 4 is 23.1 Å². The first-order chi connectivity index (χ1) is 15.0. The molecule has 8 heteroatoms. The van der Waals surface area contributed by atoms with Crippen LogP contribution in [0.4, 0.5) is 5.69 Å². The molecule has 2 aromatic carbocycles. The maximum Gasteiger partial charge on any atom is 0.295 e. The number of aliphatic hydroxyl groups is 1. The fraction of sp³-hybridized carbons (Fsp3) is 0.0870. The Morgan fingerprint density at radius 3 is 2.52 bits per heavy atom. The zero-order chi connectivity index (χ0) is 22.0. The fourth-order valence-corrected chi connectivity index (χ4v) is 3.64. The number of likely N-dealkylation sites (tertiary alicyclic amines) is 1. The van der Waals surface area contributed by atoms with Crippen molar-refractivity contribution in [1.29, 1.82) is 0 Å². The normalized spacial score (nSPS) is 17.7. The molecule has 8 nitrogen and oxygen atoms in total. The molecule has 2 heterocycles. The van der Waals surface area contributed by atoms with Crippen LogP contribution in [-0.2, 0) is 16.1 Å². The largest absolute Gasteiger partial charge is 0.507 e. The van der Waals surface area contributed by atoms with Gasteiger partial charge in [-0.2, -0.15) is 0 Å². The number of hydrogen-bond acceptors (Lipinski definition) is 6. The van der Waals surface area contributed by atoms with Gasteiger partial charge in [-0.3, -0.25) is 24.7 Å². The summed E-state index contributed by atoms with van der Waals surface area (Å²) in [7, 11) is 0. The van der Waals surface area contributed by atoms with E-state index in [1.165, 1.54) is 23.1 Å². The number of non-ortho nitro benzene ring substituents is 1. The predicted octanol–water partition coefficient (Wildman–Crippen LogP) is 3.61. The maximum absolute atomic E-state index is 13.0. The lowest BCUT2D eigenvalue weighted by Gasteiger charge is -2.25. The molecule has 0 spiro atoms. The molecule has 4 rings (SSSR count). The van der Waals surface area contributed by atoms with E-state index in [1.54, 1.807) is 60.9 Å². The van der Waals surface area contributed by atoms with Crippen molar-refractivity contribution in [3.8, 4) is 0 Å². The molecule has 1 N–H and O–H groups in total. The van der Waals surface area contributed by atoms with Crippen LogP contribution >= 0.6 is 0 Å². The average molecular weight is 415 g/mol. The van der Waals surface area contributed by atoms with Gasteiger partial charge in [0.1, 0.15) is 5.76 Å². The van der Waals surface area contributed by atoms with Gasteiger partial charge in [-0.25, -0.2) is 0 Å². The molecule has 1 atom stereocenters. The summed E-state index contributed by atoms with van der Waals surface area (Å²) in [4.78, 5) is 42.0. The molecule has 0 bridgehead atoms. The zero-order valence-corrected chi connectivity index (χ0v) is 16.2. The molecule has 1 aliphatic rings. The van der Waals surface area contributed by atoms with E-state index in [9.17, 15) is 24.8 Å². The lowest BCUT2D eigenvalue weighted by atomic mass is 9.95. The molecule has 1 unspecified atom stereocenters. The lowest BCUT2D eigenvalue weighted by molar-refractivity contribution is -0.384. The Kier molecular flexibility index (Phi) is 5.28. The van der Waals surface area contributed by atoms with Gasteiger partial charge >= 0.3 is 0 Å². The Balaban J connectivity index is 1.89. The minimum atomic E-state index is -0.986. The van der Waals surface area contributed by atoms with Gasteiger partial charge in [0, 0.05) is 36.6 Å². The second kappa shape index (κ2) is 8.19. The minimum absolute atomic E-state index is 0.0529. The molecular weight excluding hydrogens is 398 g/mol. The van der Waals surface area contributed by atoms with Crippen molar-refractivity contribution in [1.82, 2.24) is 9.88 Å². The number of aliphatic hydroxyl groups excluding tert-OH is 1. The van der Waals surface area contributed by atoms with Crippen LogP contribution < -0.4 is 0 Å². The smallest absolute Gasteiger partial charge is 0.295 e. The molecule has 1 saturated heterocycles. The highest BCUT2D eigenvalue weighted by Crippen LogP contribution is 2.40. The molecular formula is C23H17N3O5. The first-order valence-electron chi connectivity index (χ1n) is 9.44. The molecule has 0 aliphatic carbocycles. The first-order valence-corrected chi connectivity index (χ1v) is 9.44. The lowest BCUT2D eigenvalue weighted by Crippen LogP contribution is -2.29. The highest BCUT2D eigenvalue weighted by molar-refractivity contribution is 6.46. The van der Waals surface area contributed by atoms with Crippen LogP contribution in [0.2, 0.25) is 0 Å². The van der Waals surface area contributed by atoms with E-state index in [1.807, 2.05) is 0 Å². The van der Waals surface area contributed by atoms with E-state index in [0.29, 0.717) is 16.7 Å². The molecule has 1 aliphatic heterocycles. The number of pyridine rings is 1. The number of Topliss-reactive ketones (excluding diaryl/α,β-unsaturated/α-hetero) is 1. The summed E-state index contributed by atoms with van der Waals surface area (Å²) in [5, 5.41) is 22.2. The third-order valence-corrected chi connectivity index (χ3v) is 5.06. The van der Waals surface area contributed by atoms with Gasteiger partial charge in [-0.1, -0.05) is 48.5 Å². The second-order valence-electron chi connectivity index (χ2n) is 7.01. The Labute approximate surface area is 177 Å². The van der Waals surface area contributed by atoms with E-state index in [4.69, 9.17) is 0 Å². The molecule has 1 fully saturated rings. The first kappa shape index (κ1) is 20.0. The molecule has 31 heavy (non-hydrogen) atoms. The second-order valence-corrected chi connectivity index (χ2v) is 7.01. The highest BCUT2D eigenvalue weighted by Gasteiger charge is 2.46. The number of nitrogens with zero attached hydrogens (tertiary/aromatic N) is 3. The zero-order valence-electron chi connectivity index (χ0n) is 16.2. The van der Waals surface area contributed by atoms with Crippen LogP contribution in [0.3, 0.4) is 0 Å². The molecule has 154 valence electrons. The van der Waals surface area contributed by atoms with E-state index < -0.39 is 22.7 Å². The summed E-state index contributed by atoms with van der Waals surface area (Å²) in [5.74, 6) is -1.97. The van der Waals surface area contributed by atoms with Crippen LogP contribution in [0, 0.1) is 10.1 Å². The number of carbonyl (C=O) groups excluding carboxylic acids is 2. The maximum atomic E-state index is 13.0. The molecule has 1 amide bonds. The minimum Gasteiger partial charge on any atom is -0.507 e. The van der Waals surface area contributed by atoms with E-state index in [0.717, 1.165) is 0 Å². The summed E-state index contributed by atoms with van der Waals surface area (Å²) in [5.41, 5.74) is 1.12. The standard InChI is InChI=1S/C23H17N3O5/c27-21(16-7-2-1-3-8-16)19-20(17-9-4-10-18(12-17)26(30)31)25(23(29)22(19)28)14-15-6-5-11-24-13-15/h1-13,20,27H,14H2/b21-19-. The van der Waals surface area contributed by atoms with E-state index in [-0.39, 0.29) is 23.6 Å². The number of aromatic nitrogens is 1. The topological polar surface area (TPSA) is 114 Å². The van der Waals surface area contributed by atoms with Gasteiger partial charge in [0.15, 0.2) is 0 Å². The van der Waals surface area contributed by atoms with Crippen molar-refractivity contribution in [2.24, 2.45) is 0 Å². The fourth-order valence-electron chi connectivity index (χ4n) is 3.64. The third-order valence-electron chi connectivity index (χ3n) is 5.06. The molecule has 3 aromatic rings. The van der Waals surface area contributed by atoms with Crippen LogP contribution in [0.5, 0.6) is 0 Å². The number of benzene rings is 2. The Morgan fingerprint density at radius 1 is 1.06 bits per heavy atom. The summed E-state index contributed by atoms with van der Waals surface area (Å²) in [6.07, 6.45) is 3.16. The van der Waals surface area contributed by atoms with Crippen molar-refractivity contribution in [2.45, 2.75) is 12.6 Å². The predicted molar refractivity (Wildman–Crippen MR) is 112 cm³/mol. The monoisotopic (exact) mass is 415 g/mol. The van der Waals surface area contributed by atoms with Crippen LogP contribution in [0.1, 0.15) is 22.7 Å². The van der Waals surface area contributed by atoms with Crippen LogP contribution in [-0.4, -0.2) is 31.6 Å². The number of carbonyl (C=O) groups is 2. The highest BCUT2D eigenvalue weighted by atomic mass is 16.6. The van der Waals surface area contributed by atoms with Crippen molar-refractivity contribution in [3.63, 3.8) is 0 Å². The van der Waals surface area contributed by atoms with E-state index in [2.05, 4.69) is 4.98 Å². The molecule has 0 radical (unpaired) electrons. The molecule has 0 saturated carbocycles. The van der Waals surface area contributed by atoms with Gasteiger partial charge in [-0.05, 0) is 17.2 Å². The van der Waals surface area contributed by atoms with Crippen LogP contribution in [0.15, 0.2) is 84.7 Å². The van der Waals surface area contributed by atoms with Gasteiger partial charge in [-0.15, -0.1) is 0 Å². The number of nitro groups is 1. The number of amides is 1. The molecule has 1 aromatic heterocycles. The van der Waals surface area contributed by atoms with Crippen molar-refractivity contribution in [2.75, 3.05) is 0 Å². The van der Waals surface area contributed by atoms with Crippen LogP contribution in [0.25, 0.3) is 5.76 Å².